The lowest BCUT2D eigenvalue weighted by atomic mass is 9.79. The van der Waals surface area contributed by atoms with Crippen molar-refractivity contribution in [3.8, 4) is 0 Å². The highest BCUT2D eigenvalue weighted by Crippen LogP contribution is 2.32. The van der Waals surface area contributed by atoms with Crippen molar-refractivity contribution in [2.24, 2.45) is 11.1 Å². The Morgan fingerprint density at radius 2 is 1.79 bits per heavy atom. The number of amides is 1. The van der Waals surface area contributed by atoms with Gasteiger partial charge in [0.2, 0.25) is 5.91 Å². The van der Waals surface area contributed by atoms with E-state index in [1.54, 1.807) is 0 Å². The highest BCUT2D eigenvalue weighted by molar-refractivity contribution is 5.86. The minimum absolute atomic E-state index is 0. The maximum atomic E-state index is 13.1. The van der Waals surface area contributed by atoms with Crippen LogP contribution in [0, 0.1) is 5.41 Å². The van der Waals surface area contributed by atoms with Crippen molar-refractivity contribution in [3.05, 3.63) is 71.9 Å². The van der Waals surface area contributed by atoms with E-state index < -0.39 is 5.41 Å². The number of para-hydroxylation sites is 1. The molecule has 1 saturated heterocycles. The van der Waals surface area contributed by atoms with Crippen LogP contribution in [0.25, 0.3) is 10.9 Å². The number of nitrogens with one attached hydrogen (secondary N) is 2. The zero-order valence-electron chi connectivity index (χ0n) is 16.4. The minimum Gasteiger partial charge on any atom is -0.381 e. The Hall–Kier alpha value is -2.34. The van der Waals surface area contributed by atoms with Crippen molar-refractivity contribution < 1.29 is 9.53 Å². The van der Waals surface area contributed by atoms with Crippen LogP contribution in [-0.2, 0) is 9.53 Å². The van der Waals surface area contributed by atoms with Gasteiger partial charge in [-0.05, 0) is 30.0 Å². The molecule has 1 aromatic heterocycles. The number of aromatic amines is 1. The molecule has 0 spiro atoms. The molecule has 0 radical (unpaired) electrons. The summed E-state index contributed by atoms with van der Waals surface area (Å²) in [4.78, 5) is 16.4. The van der Waals surface area contributed by atoms with Gasteiger partial charge in [0.25, 0.3) is 0 Å². The second-order valence-electron chi connectivity index (χ2n) is 7.56. The fourth-order valence-electron chi connectivity index (χ4n) is 4.14. The number of halogens is 1. The number of aromatic nitrogens is 1. The smallest absolute Gasteiger partial charge is 0.227 e. The number of nitrogens with two attached hydrogens (primary N) is 1. The largest absolute Gasteiger partial charge is 0.381 e. The molecule has 154 valence electrons. The average Bonchev–Trinajstić information content (AvgIpc) is 3.19. The number of carbonyl (C=O) groups is 1. The fraction of sp³-hybridized carbons (Fsp3) is 0.348. The highest BCUT2D eigenvalue weighted by Gasteiger charge is 2.39. The van der Waals surface area contributed by atoms with Gasteiger partial charge in [-0.2, -0.15) is 0 Å². The fourth-order valence-corrected chi connectivity index (χ4v) is 4.14. The standard InChI is InChI=1S/C23H27N3O2.ClH/c24-16-23(10-12-28-13-11-23)22(27)26-14-19(17-6-2-1-3-7-17)20-15-25-21-9-5-4-8-18(20)21;/h1-9,15,19,25H,10-14,16,24H2,(H,26,27);1H. The first-order chi connectivity index (χ1) is 13.7. The minimum atomic E-state index is -0.514. The van der Waals surface area contributed by atoms with Crippen LogP contribution in [0.15, 0.2) is 60.8 Å². The molecule has 0 saturated carbocycles. The summed E-state index contributed by atoms with van der Waals surface area (Å²) in [5, 5.41) is 4.39. The van der Waals surface area contributed by atoms with E-state index in [0.29, 0.717) is 39.1 Å². The van der Waals surface area contributed by atoms with Crippen molar-refractivity contribution in [1.29, 1.82) is 0 Å². The second-order valence-corrected chi connectivity index (χ2v) is 7.56. The molecule has 4 rings (SSSR count). The first-order valence-corrected chi connectivity index (χ1v) is 9.90. The Kier molecular flexibility index (Phi) is 6.96. The molecule has 3 aromatic rings. The Morgan fingerprint density at radius 3 is 2.52 bits per heavy atom. The zero-order valence-corrected chi connectivity index (χ0v) is 17.2. The van der Waals surface area contributed by atoms with Gasteiger partial charge in [0.1, 0.15) is 0 Å². The summed E-state index contributed by atoms with van der Waals surface area (Å²) >= 11 is 0. The lowest BCUT2D eigenvalue weighted by Crippen LogP contribution is -2.50. The van der Waals surface area contributed by atoms with E-state index in [4.69, 9.17) is 10.5 Å². The molecule has 5 nitrogen and oxygen atoms in total. The summed E-state index contributed by atoms with van der Waals surface area (Å²) in [6, 6.07) is 18.6. The number of ether oxygens (including phenoxy) is 1. The molecule has 29 heavy (non-hydrogen) atoms. The molecule has 2 aromatic carbocycles. The van der Waals surface area contributed by atoms with Crippen LogP contribution in [0.1, 0.15) is 29.9 Å². The number of rotatable bonds is 6. The van der Waals surface area contributed by atoms with E-state index in [9.17, 15) is 4.79 Å². The van der Waals surface area contributed by atoms with Gasteiger partial charge in [-0.15, -0.1) is 12.4 Å². The van der Waals surface area contributed by atoms with E-state index in [-0.39, 0.29) is 24.2 Å². The lowest BCUT2D eigenvalue weighted by Gasteiger charge is -2.35. The molecule has 1 atom stereocenters. The number of hydrogen-bond acceptors (Lipinski definition) is 3. The molecule has 4 N–H and O–H groups in total. The number of hydrogen-bond donors (Lipinski definition) is 3. The van der Waals surface area contributed by atoms with Gasteiger partial charge in [-0.3, -0.25) is 4.79 Å². The molecule has 6 heteroatoms. The molecule has 1 amide bonds. The summed E-state index contributed by atoms with van der Waals surface area (Å²) < 4.78 is 5.44. The average molecular weight is 414 g/mol. The molecular weight excluding hydrogens is 386 g/mol. The van der Waals surface area contributed by atoms with Gasteiger partial charge >= 0.3 is 0 Å². The lowest BCUT2D eigenvalue weighted by molar-refractivity contribution is -0.135. The molecule has 1 fully saturated rings. The summed E-state index contributed by atoms with van der Waals surface area (Å²) in [7, 11) is 0. The van der Waals surface area contributed by atoms with Gasteiger partial charge in [0.15, 0.2) is 0 Å². The SMILES string of the molecule is Cl.NCC1(C(=O)NCC(c2ccccc2)c2c[nH]c3ccccc23)CCOCC1. The Morgan fingerprint density at radius 1 is 1.10 bits per heavy atom. The third-order valence-corrected chi connectivity index (χ3v) is 5.99. The van der Waals surface area contributed by atoms with E-state index in [0.717, 1.165) is 5.52 Å². The number of carbonyl (C=O) groups excluding carboxylic acids is 1. The van der Waals surface area contributed by atoms with E-state index in [1.165, 1.54) is 16.5 Å². The summed E-state index contributed by atoms with van der Waals surface area (Å²) in [5.41, 5.74) is 8.97. The third kappa shape index (κ3) is 4.32. The Labute approximate surface area is 177 Å². The van der Waals surface area contributed by atoms with E-state index >= 15 is 0 Å². The molecule has 0 aliphatic carbocycles. The van der Waals surface area contributed by atoms with Crippen LogP contribution in [0.5, 0.6) is 0 Å². The second kappa shape index (κ2) is 9.44. The molecule has 1 aliphatic rings. The number of benzene rings is 2. The first-order valence-electron chi connectivity index (χ1n) is 9.90. The predicted molar refractivity (Wildman–Crippen MR) is 118 cm³/mol. The van der Waals surface area contributed by atoms with Gasteiger partial charge in [-0.1, -0.05) is 48.5 Å². The number of H-pyrrole nitrogens is 1. The maximum Gasteiger partial charge on any atom is 0.227 e. The van der Waals surface area contributed by atoms with Gasteiger partial charge in [0.05, 0.1) is 5.41 Å². The summed E-state index contributed by atoms with van der Waals surface area (Å²) in [5.74, 6) is 0.107. The number of fused-ring (bicyclic) bond motifs is 1. The van der Waals surface area contributed by atoms with Crippen molar-refractivity contribution in [2.45, 2.75) is 18.8 Å². The van der Waals surface area contributed by atoms with Crippen molar-refractivity contribution in [3.63, 3.8) is 0 Å². The van der Waals surface area contributed by atoms with Crippen LogP contribution < -0.4 is 11.1 Å². The van der Waals surface area contributed by atoms with Crippen molar-refractivity contribution >= 4 is 29.2 Å². The maximum absolute atomic E-state index is 13.1. The van der Waals surface area contributed by atoms with Gasteiger partial charge in [-0.25, -0.2) is 0 Å². The van der Waals surface area contributed by atoms with Crippen LogP contribution >= 0.6 is 12.4 Å². The Bertz CT molecular complexity index is 935. The molecule has 0 bridgehead atoms. The first kappa shape index (κ1) is 21.4. The molecular formula is C23H28ClN3O2. The van der Waals surface area contributed by atoms with E-state index in [1.807, 2.05) is 30.3 Å². The van der Waals surface area contributed by atoms with Gasteiger partial charge < -0.3 is 20.8 Å². The van der Waals surface area contributed by atoms with Gasteiger partial charge in [0, 0.05) is 49.3 Å². The molecule has 2 heterocycles. The normalized spacial score (nSPS) is 16.7. The van der Waals surface area contributed by atoms with Crippen LogP contribution in [0.2, 0.25) is 0 Å². The summed E-state index contributed by atoms with van der Waals surface area (Å²) in [6.45, 7) is 2.07. The zero-order chi connectivity index (χ0) is 19.4. The van der Waals surface area contributed by atoms with Crippen LogP contribution in [-0.4, -0.2) is 37.2 Å². The van der Waals surface area contributed by atoms with Crippen LogP contribution in [0.3, 0.4) is 0 Å². The van der Waals surface area contributed by atoms with Crippen molar-refractivity contribution in [1.82, 2.24) is 10.3 Å². The third-order valence-electron chi connectivity index (χ3n) is 5.99. The quantitative estimate of drug-likeness (QED) is 0.577. The molecule has 1 aliphatic heterocycles. The molecule has 1 unspecified atom stereocenters. The van der Waals surface area contributed by atoms with E-state index in [2.05, 4.69) is 40.8 Å². The topological polar surface area (TPSA) is 80.1 Å². The monoisotopic (exact) mass is 413 g/mol. The Balaban J connectivity index is 0.00000240. The highest BCUT2D eigenvalue weighted by atomic mass is 35.5. The van der Waals surface area contributed by atoms with Crippen molar-refractivity contribution in [2.75, 3.05) is 26.3 Å². The summed E-state index contributed by atoms with van der Waals surface area (Å²) in [6.07, 6.45) is 3.42. The van der Waals surface area contributed by atoms with Crippen LogP contribution in [0.4, 0.5) is 0 Å². The predicted octanol–water partition coefficient (Wildman–Crippen LogP) is 3.59.